The Hall–Kier alpha value is -3.39. The van der Waals surface area contributed by atoms with Crippen LogP contribution in [-0.4, -0.2) is 23.4 Å². The van der Waals surface area contributed by atoms with Crippen molar-refractivity contribution in [1.29, 1.82) is 5.26 Å². The molecule has 0 aromatic heterocycles. The van der Waals surface area contributed by atoms with Crippen LogP contribution in [-0.2, 0) is 20.9 Å². The minimum atomic E-state index is -0.384. The Morgan fingerprint density at radius 1 is 1.16 bits per heavy atom. The summed E-state index contributed by atoms with van der Waals surface area (Å²) >= 11 is 0. The van der Waals surface area contributed by atoms with Gasteiger partial charge in [0.2, 0.25) is 5.91 Å². The number of nitrogens with zero attached hydrogens (tertiary/aromatic N) is 2. The molecule has 0 spiro atoms. The zero-order chi connectivity index (χ0) is 22.5. The number of hydrogen-bond donors (Lipinski definition) is 0. The Balaban J connectivity index is 2.06. The lowest BCUT2D eigenvalue weighted by Crippen LogP contribution is -2.38. The molecule has 160 valence electrons. The van der Waals surface area contributed by atoms with Crippen LogP contribution in [0.2, 0.25) is 0 Å². The maximum Gasteiger partial charge on any atom is 0.336 e. The average molecular weight is 417 g/mol. The van der Waals surface area contributed by atoms with Gasteiger partial charge in [-0.3, -0.25) is 4.79 Å². The van der Waals surface area contributed by atoms with Crippen LogP contribution in [0, 0.1) is 24.2 Å². The van der Waals surface area contributed by atoms with E-state index < -0.39 is 0 Å². The van der Waals surface area contributed by atoms with Crippen LogP contribution in [0.4, 0.5) is 0 Å². The largest absolute Gasteiger partial charge is 0.462 e. The third-order valence-corrected chi connectivity index (χ3v) is 5.62. The van der Waals surface area contributed by atoms with E-state index in [1.165, 1.54) is 0 Å². The summed E-state index contributed by atoms with van der Waals surface area (Å²) < 4.78 is 5.60. The second-order valence-corrected chi connectivity index (χ2v) is 8.35. The fourth-order valence-corrected chi connectivity index (χ4v) is 3.97. The van der Waals surface area contributed by atoms with E-state index in [0.29, 0.717) is 23.4 Å². The Bertz CT molecular complexity index is 1060. The molecule has 2 aromatic rings. The molecule has 5 nitrogen and oxygen atoms in total. The number of hydrogen-bond acceptors (Lipinski definition) is 4. The molecule has 0 N–H and O–H groups in total. The Morgan fingerprint density at radius 2 is 1.84 bits per heavy atom. The van der Waals surface area contributed by atoms with Gasteiger partial charge >= 0.3 is 5.97 Å². The number of amides is 1. The van der Waals surface area contributed by atoms with Crippen molar-refractivity contribution in [2.45, 2.75) is 46.6 Å². The number of benzene rings is 2. The number of rotatable bonds is 6. The van der Waals surface area contributed by atoms with Crippen LogP contribution < -0.4 is 0 Å². The molecule has 2 aromatic carbocycles. The lowest BCUT2D eigenvalue weighted by atomic mass is 9.81. The fourth-order valence-electron chi connectivity index (χ4n) is 3.97. The number of carbonyl (C=O) groups is 2. The van der Waals surface area contributed by atoms with Crippen LogP contribution in [0.3, 0.4) is 0 Å². The van der Waals surface area contributed by atoms with Gasteiger partial charge in [-0.15, -0.1) is 0 Å². The SMILES string of the molecule is CC1=C(C(=O)OCC(C)C)[C@@H](c2ccccc2C)CC(=O)N1Cc1ccccc1C#N. The van der Waals surface area contributed by atoms with Crippen LogP contribution in [0.5, 0.6) is 0 Å². The second kappa shape index (κ2) is 9.61. The zero-order valence-electron chi connectivity index (χ0n) is 18.5. The number of aryl methyl sites for hydroxylation is 1. The first kappa shape index (κ1) is 22.3. The predicted octanol–water partition coefficient (Wildman–Crippen LogP) is 4.86. The summed E-state index contributed by atoms with van der Waals surface area (Å²) in [5.74, 6) is -0.592. The van der Waals surface area contributed by atoms with E-state index in [1.807, 2.05) is 57.2 Å². The van der Waals surface area contributed by atoms with Crippen molar-refractivity contribution in [1.82, 2.24) is 4.90 Å². The minimum Gasteiger partial charge on any atom is -0.462 e. The highest BCUT2D eigenvalue weighted by Crippen LogP contribution is 2.39. The zero-order valence-corrected chi connectivity index (χ0v) is 18.5. The van der Waals surface area contributed by atoms with Crippen molar-refractivity contribution in [3.63, 3.8) is 0 Å². The predicted molar refractivity (Wildman–Crippen MR) is 119 cm³/mol. The van der Waals surface area contributed by atoms with Crippen molar-refractivity contribution in [3.05, 3.63) is 82.1 Å². The first-order valence-electron chi connectivity index (χ1n) is 10.5. The van der Waals surface area contributed by atoms with E-state index in [1.54, 1.807) is 24.0 Å². The van der Waals surface area contributed by atoms with Gasteiger partial charge in [0.1, 0.15) is 0 Å². The Labute approximate surface area is 183 Å². The maximum atomic E-state index is 13.2. The molecular formula is C26H28N2O3. The molecule has 0 unspecified atom stereocenters. The van der Waals surface area contributed by atoms with E-state index >= 15 is 0 Å². The average Bonchev–Trinajstić information content (AvgIpc) is 2.75. The monoisotopic (exact) mass is 416 g/mol. The Kier molecular flexibility index (Phi) is 6.91. The summed E-state index contributed by atoms with van der Waals surface area (Å²) in [6.45, 7) is 8.33. The molecule has 0 fully saturated rings. The molecule has 0 aliphatic carbocycles. The highest BCUT2D eigenvalue weighted by Gasteiger charge is 2.37. The van der Waals surface area contributed by atoms with Gasteiger partial charge in [-0.05, 0) is 42.5 Å². The number of ether oxygens (including phenoxy) is 1. The quantitative estimate of drug-likeness (QED) is 0.631. The van der Waals surface area contributed by atoms with Crippen molar-refractivity contribution < 1.29 is 14.3 Å². The molecular weight excluding hydrogens is 388 g/mol. The number of carbonyl (C=O) groups excluding carboxylic acids is 2. The molecule has 0 saturated heterocycles. The maximum absolute atomic E-state index is 13.2. The van der Waals surface area contributed by atoms with Gasteiger partial charge in [0.05, 0.1) is 30.4 Å². The summed E-state index contributed by atoms with van der Waals surface area (Å²) in [5, 5.41) is 9.42. The molecule has 31 heavy (non-hydrogen) atoms. The van der Waals surface area contributed by atoms with Crippen molar-refractivity contribution in [2.75, 3.05) is 6.61 Å². The summed E-state index contributed by atoms with van der Waals surface area (Å²) in [7, 11) is 0. The molecule has 1 heterocycles. The fraction of sp³-hybridized carbons (Fsp3) is 0.346. The van der Waals surface area contributed by atoms with Gasteiger partial charge in [0.15, 0.2) is 0 Å². The topological polar surface area (TPSA) is 70.4 Å². The summed E-state index contributed by atoms with van der Waals surface area (Å²) in [6, 6.07) is 17.2. The van der Waals surface area contributed by atoms with Crippen molar-refractivity contribution in [2.24, 2.45) is 5.92 Å². The van der Waals surface area contributed by atoms with Gasteiger partial charge in [0, 0.05) is 18.0 Å². The molecule has 0 radical (unpaired) electrons. The van der Waals surface area contributed by atoms with Crippen LogP contribution >= 0.6 is 0 Å². The van der Waals surface area contributed by atoms with Gasteiger partial charge in [0.25, 0.3) is 0 Å². The number of esters is 1. The highest BCUT2D eigenvalue weighted by atomic mass is 16.5. The van der Waals surface area contributed by atoms with E-state index in [9.17, 15) is 14.9 Å². The molecule has 1 amide bonds. The third-order valence-electron chi connectivity index (χ3n) is 5.62. The number of nitriles is 1. The van der Waals surface area contributed by atoms with Gasteiger partial charge in [-0.2, -0.15) is 5.26 Å². The summed E-state index contributed by atoms with van der Waals surface area (Å²) in [6.07, 6.45) is 0.184. The smallest absolute Gasteiger partial charge is 0.336 e. The second-order valence-electron chi connectivity index (χ2n) is 8.35. The highest BCUT2D eigenvalue weighted by molar-refractivity contribution is 5.96. The molecule has 5 heteroatoms. The minimum absolute atomic E-state index is 0.0705. The molecule has 1 aliphatic rings. The third kappa shape index (κ3) is 4.86. The van der Waals surface area contributed by atoms with E-state index in [-0.39, 0.29) is 36.7 Å². The molecule has 1 atom stereocenters. The lowest BCUT2D eigenvalue weighted by Gasteiger charge is -2.35. The van der Waals surface area contributed by atoms with Crippen LogP contribution in [0.1, 0.15) is 55.4 Å². The molecule has 1 aliphatic heterocycles. The Morgan fingerprint density at radius 3 is 2.52 bits per heavy atom. The van der Waals surface area contributed by atoms with E-state index in [0.717, 1.165) is 16.7 Å². The normalized spacial score (nSPS) is 16.5. The summed E-state index contributed by atoms with van der Waals surface area (Å²) in [5.41, 5.74) is 4.37. The molecule has 3 rings (SSSR count). The summed E-state index contributed by atoms with van der Waals surface area (Å²) in [4.78, 5) is 28.0. The first-order chi connectivity index (χ1) is 14.8. The van der Waals surface area contributed by atoms with E-state index in [4.69, 9.17) is 4.74 Å². The first-order valence-corrected chi connectivity index (χ1v) is 10.5. The lowest BCUT2D eigenvalue weighted by molar-refractivity contribution is -0.141. The molecule has 0 saturated carbocycles. The van der Waals surface area contributed by atoms with Crippen LogP contribution in [0.15, 0.2) is 59.8 Å². The van der Waals surface area contributed by atoms with Crippen LogP contribution in [0.25, 0.3) is 0 Å². The number of allylic oxidation sites excluding steroid dienone is 1. The van der Waals surface area contributed by atoms with Crippen molar-refractivity contribution in [3.8, 4) is 6.07 Å². The van der Waals surface area contributed by atoms with E-state index in [2.05, 4.69) is 6.07 Å². The van der Waals surface area contributed by atoms with Gasteiger partial charge in [-0.25, -0.2) is 4.79 Å². The standard InChI is InChI=1S/C26H28N2O3/c1-17(2)16-31-26(30)25-19(4)28(15-21-11-7-6-10-20(21)14-27)24(29)13-23(25)22-12-8-5-9-18(22)3/h5-12,17,23H,13,15-16H2,1-4H3/t23-/m1/s1. The molecule has 0 bridgehead atoms. The van der Waals surface area contributed by atoms with Crippen molar-refractivity contribution >= 4 is 11.9 Å². The van der Waals surface area contributed by atoms with Gasteiger partial charge in [-0.1, -0.05) is 56.3 Å². The van der Waals surface area contributed by atoms with Gasteiger partial charge < -0.3 is 9.64 Å².